The highest BCUT2D eigenvalue weighted by Crippen LogP contribution is 2.33. The molecule has 0 saturated carbocycles. The Kier molecular flexibility index (Phi) is 2.25. The van der Waals surface area contributed by atoms with E-state index in [2.05, 4.69) is 28.6 Å². The molecule has 0 bridgehead atoms. The van der Waals surface area contributed by atoms with Gasteiger partial charge in [-0.1, -0.05) is 0 Å². The van der Waals surface area contributed by atoms with Gasteiger partial charge in [-0.2, -0.15) is 0 Å². The highest BCUT2D eigenvalue weighted by molar-refractivity contribution is 9.11. The summed E-state index contributed by atoms with van der Waals surface area (Å²) in [6, 6.07) is 1.39. The predicted molar refractivity (Wildman–Crippen MR) is 60.1 cm³/mol. The van der Waals surface area contributed by atoms with E-state index >= 15 is 0 Å². The zero-order valence-electron chi connectivity index (χ0n) is 6.63. The normalized spacial score (nSPS) is 11.0. The predicted octanol–water partition coefficient (Wildman–Crippen LogP) is 3.21. The fourth-order valence-corrected chi connectivity index (χ4v) is 3.20. The van der Waals surface area contributed by atoms with Gasteiger partial charge in [-0.05, 0) is 22.9 Å². The zero-order chi connectivity index (χ0) is 9.59. The van der Waals surface area contributed by atoms with Gasteiger partial charge in [-0.15, -0.1) is 24.0 Å². The first-order valence-corrected chi connectivity index (χ1v) is 5.57. The minimum absolute atomic E-state index is 0.0364. The number of thiol groups is 1. The van der Waals surface area contributed by atoms with Crippen molar-refractivity contribution in [3.8, 4) is 0 Å². The number of hydrogen-bond donors (Lipinski definition) is 1. The van der Waals surface area contributed by atoms with E-state index in [1.54, 1.807) is 0 Å². The van der Waals surface area contributed by atoms with E-state index in [-0.39, 0.29) is 5.43 Å². The summed E-state index contributed by atoms with van der Waals surface area (Å²) in [6.07, 6.45) is 0. The Hall–Kier alpha value is -0.260. The standard InChI is InChI=1S/C8H5BrO2S2/c1-3-6-4(10)2-5(12)11-7(6)8(9)13-3/h2,12H,1H3. The molecule has 0 unspecified atom stereocenters. The molecule has 2 rings (SSSR count). The van der Waals surface area contributed by atoms with Crippen LogP contribution in [0.3, 0.4) is 0 Å². The van der Waals surface area contributed by atoms with E-state index in [4.69, 9.17) is 4.42 Å². The van der Waals surface area contributed by atoms with Gasteiger partial charge in [0.25, 0.3) is 0 Å². The van der Waals surface area contributed by atoms with Crippen LogP contribution in [0.1, 0.15) is 4.88 Å². The third-order valence-corrected chi connectivity index (χ3v) is 3.65. The summed E-state index contributed by atoms with van der Waals surface area (Å²) in [7, 11) is 0. The van der Waals surface area contributed by atoms with Crippen LogP contribution in [-0.4, -0.2) is 0 Å². The number of hydrogen-bond acceptors (Lipinski definition) is 4. The summed E-state index contributed by atoms with van der Waals surface area (Å²) in [5.41, 5.74) is 0.561. The van der Waals surface area contributed by atoms with Gasteiger partial charge in [0.05, 0.1) is 5.39 Å². The van der Waals surface area contributed by atoms with Crippen molar-refractivity contribution >= 4 is 50.9 Å². The molecule has 5 heteroatoms. The van der Waals surface area contributed by atoms with Crippen LogP contribution in [0, 0.1) is 6.92 Å². The molecule has 0 fully saturated rings. The average molecular weight is 277 g/mol. The summed E-state index contributed by atoms with van der Waals surface area (Å²) < 4.78 is 6.16. The molecule has 0 aliphatic heterocycles. The highest BCUT2D eigenvalue weighted by Gasteiger charge is 2.12. The molecule has 2 aromatic rings. The Morgan fingerprint density at radius 3 is 3.00 bits per heavy atom. The number of rotatable bonds is 0. The average Bonchev–Trinajstić information content (AvgIpc) is 2.27. The maximum atomic E-state index is 11.5. The Bertz CT molecular complexity index is 527. The zero-order valence-corrected chi connectivity index (χ0v) is 9.92. The van der Waals surface area contributed by atoms with Crippen molar-refractivity contribution in [1.82, 2.24) is 0 Å². The van der Waals surface area contributed by atoms with Crippen molar-refractivity contribution in [1.29, 1.82) is 0 Å². The van der Waals surface area contributed by atoms with Gasteiger partial charge in [0.1, 0.15) is 3.79 Å². The summed E-state index contributed by atoms with van der Waals surface area (Å²) in [5.74, 6) is 0. The molecule has 2 nitrogen and oxygen atoms in total. The van der Waals surface area contributed by atoms with Gasteiger partial charge in [-0.3, -0.25) is 4.79 Å². The lowest BCUT2D eigenvalue weighted by atomic mass is 10.3. The minimum atomic E-state index is -0.0364. The molecule has 0 N–H and O–H groups in total. The van der Waals surface area contributed by atoms with E-state index in [9.17, 15) is 4.79 Å². The first-order valence-electron chi connectivity index (χ1n) is 3.51. The van der Waals surface area contributed by atoms with Gasteiger partial charge in [0, 0.05) is 10.9 Å². The van der Waals surface area contributed by atoms with Crippen LogP contribution in [0.4, 0.5) is 0 Å². The number of halogens is 1. The topological polar surface area (TPSA) is 30.2 Å². The van der Waals surface area contributed by atoms with Gasteiger partial charge < -0.3 is 4.42 Å². The number of fused-ring (bicyclic) bond motifs is 1. The van der Waals surface area contributed by atoms with Crippen LogP contribution >= 0.6 is 39.9 Å². The van der Waals surface area contributed by atoms with Crippen molar-refractivity contribution in [2.75, 3.05) is 0 Å². The maximum absolute atomic E-state index is 11.5. The Balaban J connectivity index is 3.06. The molecule has 0 aliphatic rings. The van der Waals surface area contributed by atoms with Gasteiger partial charge in [0.2, 0.25) is 0 Å². The summed E-state index contributed by atoms with van der Waals surface area (Å²) in [4.78, 5) is 12.5. The fourth-order valence-electron chi connectivity index (χ4n) is 1.18. The molecule has 2 heterocycles. The van der Waals surface area contributed by atoms with E-state index in [1.165, 1.54) is 17.4 Å². The summed E-state index contributed by atoms with van der Waals surface area (Å²) >= 11 is 8.84. The van der Waals surface area contributed by atoms with Gasteiger partial charge in [-0.25, -0.2) is 0 Å². The Morgan fingerprint density at radius 1 is 1.62 bits per heavy atom. The first-order chi connectivity index (χ1) is 6.09. The first kappa shape index (κ1) is 9.30. The molecule has 68 valence electrons. The van der Waals surface area contributed by atoms with Gasteiger partial charge in [0.15, 0.2) is 16.1 Å². The number of thiophene rings is 1. The fraction of sp³-hybridized carbons (Fsp3) is 0.125. The molecule has 13 heavy (non-hydrogen) atoms. The second-order valence-corrected chi connectivity index (χ2v) is 5.57. The van der Waals surface area contributed by atoms with Crippen LogP contribution < -0.4 is 5.43 Å². The van der Waals surface area contributed by atoms with Crippen LogP contribution in [0.2, 0.25) is 0 Å². The summed E-state index contributed by atoms with van der Waals surface area (Å²) in [5, 5.41) is 0.991. The van der Waals surface area contributed by atoms with E-state index in [0.29, 0.717) is 16.1 Å². The lowest BCUT2D eigenvalue weighted by Crippen LogP contribution is -1.98. The van der Waals surface area contributed by atoms with Crippen LogP contribution in [0.5, 0.6) is 0 Å². The molecule has 0 atom stereocenters. The molecular weight excluding hydrogens is 272 g/mol. The number of aryl methyl sites for hydroxylation is 1. The van der Waals surface area contributed by atoms with Crippen molar-refractivity contribution in [3.63, 3.8) is 0 Å². The second kappa shape index (κ2) is 3.15. The van der Waals surface area contributed by atoms with E-state index < -0.39 is 0 Å². The van der Waals surface area contributed by atoms with Crippen molar-refractivity contribution < 1.29 is 4.42 Å². The molecular formula is C8H5BrO2S2. The van der Waals surface area contributed by atoms with Crippen molar-refractivity contribution in [2.24, 2.45) is 0 Å². The van der Waals surface area contributed by atoms with E-state index in [1.807, 2.05) is 6.92 Å². The minimum Gasteiger partial charge on any atom is -0.448 e. The molecule has 0 saturated heterocycles. The molecule has 0 amide bonds. The Morgan fingerprint density at radius 2 is 2.31 bits per heavy atom. The highest BCUT2D eigenvalue weighted by atomic mass is 79.9. The Labute approximate surface area is 92.1 Å². The molecule has 2 aromatic heterocycles. The lowest BCUT2D eigenvalue weighted by Gasteiger charge is -1.92. The quantitative estimate of drug-likeness (QED) is 0.749. The third-order valence-electron chi connectivity index (χ3n) is 1.71. The molecule has 0 aliphatic carbocycles. The van der Waals surface area contributed by atoms with Crippen molar-refractivity contribution in [2.45, 2.75) is 12.0 Å². The van der Waals surface area contributed by atoms with Crippen LogP contribution in [-0.2, 0) is 0 Å². The smallest absolute Gasteiger partial charge is 0.195 e. The van der Waals surface area contributed by atoms with E-state index in [0.717, 1.165) is 8.66 Å². The third kappa shape index (κ3) is 1.45. The largest absolute Gasteiger partial charge is 0.448 e. The van der Waals surface area contributed by atoms with Crippen LogP contribution in [0.25, 0.3) is 11.0 Å². The monoisotopic (exact) mass is 276 g/mol. The lowest BCUT2D eigenvalue weighted by molar-refractivity contribution is 0.502. The summed E-state index contributed by atoms with van der Waals surface area (Å²) in [6.45, 7) is 1.90. The van der Waals surface area contributed by atoms with Crippen molar-refractivity contribution in [3.05, 3.63) is 25.0 Å². The van der Waals surface area contributed by atoms with Gasteiger partial charge >= 0.3 is 0 Å². The van der Waals surface area contributed by atoms with Crippen LogP contribution in [0.15, 0.2) is 24.2 Å². The maximum Gasteiger partial charge on any atom is 0.195 e. The SMILES string of the molecule is Cc1sc(Br)c2oc(S)cc(=O)c12. The molecule has 0 radical (unpaired) electrons. The second-order valence-electron chi connectivity index (χ2n) is 2.58. The molecule has 0 aromatic carbocycles. The molecule has 0 spiro atoms.